The van der Waals surface area contributed by atoms with Gasteiger partial charge in [-0.2, -0.15) is 0 Å². The number of aromatic nitrogens is 2. The molecule has 6 heteroatoms. The largest absolute Gasteiger partial charge is 0.378 e. The van der Waals surface area contributed by atoms with Gasteiger partial charge in [-0.3, -0.25) is 14.7 Å². The van der Waals surface area contributed by atoms with Gasteiger partial charge in [0.1, 0.15) is 5.69 Å². The second kappa shape index (κ2) is 7.21. The van der Waals surface area contributed by atoms with Gasteiger partial charge in [0.2, 0.25) is 0 Å². The van der Waals surface area contributed by atoms with E-state index in [1.807, 2.05) is 47.2 Å². The number of piperidine rings is 1. The highest BCUT2D eigenvalue weighted by Gasteiger charge is 2.44. The summed E-state index contributed by atoms with van der Waals surface area (Å²) in [4.78, 5) is 21.3. The Labute approximate surface area is 154 Å². The first-order chi connectivity index (χ1) is 12.7. The monoisotopic (exact) mass is 354 g/mol. The topological polar surface area (TPSA) is 50.6 Å². The standard InChI is InChI=1S/C20H26N4O2/c1-22-11-3-4-17(22)20(25)23-12-7-16(8-13-23)24-14-18(26-2)19(24)15-5-9-21-10-6-15/h3-6,9-11,16,18-19H,7-8,12-14H2,1-2H3/t18-,19-/m0/s1. The summed E-state index contributed by atoms with van der Waals surface area (Å²) in [5.74, 6) is 0.139. The van der Waals surface area contributed by atoms with Crippen LogP contribution in [0.15, 0.2) is 42.9 Å². The van der Waals surface area contributed by atoms with Gasteiger partial charge in [-0.15, -0.1) is 0 Å². The Bertz CT molecular complexity index is 752. The number of hydrogen-bond acceptors (Lipinski definition) is 4. The number of carbonyl (C=O) groups excluding carboxylic acids is 1. The fourth-order valence-corrected chi connectivity index (χ4v) is 4.29. The van der Waals surface area contributed by atoms with E-state index < -0.39 is 0 Å². The molecule has 1 amide bonds. The van der Waals surface area contributed by atoms with Crippen LogP contribution in [-0.2, 0) is 11.8 Å². The van der Waals surface area contributed by atoms with Crippen LogP contribution < -0.4 is 0 Å². The van der Waals surface area contributed by atoms with E-state index in [1.54, 1.807) is 7.11 Å². The molecule has 4 heterocycles. The zero-order valence-corrected chi connectivity index (χ0v) is 15.4. The molecule has 2 aliphatic rings. The van der Waals surface area contributed by atoms with Crippen LogP contribution in [0.25, 0.3) is 0 Å². The molecular formula is C20H26N4O2. The summed E-state index contributed by atoms with van der Waals surface area (Å²) in [6.07, 6.45) is 7.87. The number of carbonyl (C=O) groups is 1. The van der Waals surface area contributed by atoms with Gasteiger partial charge >= 0.3 is 0 Å². The van der Waals surface area contributed by atoms with E-state index in [4.69, 9.17) is 4.74 Å². The first-order valence-electron chi connectivity index (χ1n) is 9.28. The molecule has 26 heavy (non-hydrogen) atoms. The van der Waals surface area contributed by atoms with E-state index in [-0.39, 0.29) is 12.0 Å². The van der Waals surface area contributed by atoms with Gasteiger partial charge in [-0.1, -0.05) is 0 Å². The molecule has 2 aromatic heterocycles. The third kappa shape index (κ3) is 3.04. The number of ether oxygens (including phenoxy) is 1. The van der Waals surface area contributed by atoms with Crippen LogP contribution in [0.1, 0.15) is 34.9 Å². The van der Waals surface area contributed by atoms with Gasteiger partial charge in [0.15, 0.2) is 0 Å². The normalized spacial score (nSPS) is 24.5. The minimum absolute atomic E-state index is 0.139. The van der Waals surface area contributed by atoms with Crippen LogP contribution in [0.4, 0.5) is 0 Å². The molecule has 2 aromatic rings. The average Bonchev–Trinajstić information content (AvgIpc) is 3.08. The van der Waals surface area contributed by atoms with Crippen molar-refractivity contribution in [2.45, 2.75) is 31.0 Å². The summed E-state index contributed by atoms with van der Waals surface area (Å²) in [6, 6.07) is 8.77. The van der Waals surface area contributed by atoms with E-state index >= 15 is 0 Å². The van der Waals surface area contributed by atoms with Crippen molar-refractivity contribution in [2.75, 3.05) is 26.7 Å². The SMILES string of the molecule is CO[C@H]1CN(C2CCN(C(=O)c3cccn3C)CC2)[C@H]1c1ccncc1. The Hall–Kier alpha value is -2.18. The number of hydrogen-bond donors (Lipinski definition) is 0. The lowest BCUT2D eigenvalue weighted by atomic mass is 9.87. The number of amides is 1. The molecule has 2 atom stereocenters. The Morgan fingerprint density at radius 1 is 1.19 bits per heavy atom. The molecule has 0 aromatic carbocycles. The van der Waals surface area contributed by atoms with Gasteiger partial charge in [0, 0.05) is 58.4 Å². The lowest BCUT2D eigenvalue weighted by Crippen LogP contribution is -2.60. The number of rotatable bonds is 4. The number of aryl methyl sites for hydroxylation is 1. The zero-order valence-electron chi connectivity index (χ0n) is 15.4. The molecule has 0 saturated carbocycles. The molecular weight excluding hydrogens is 328 g/mol. The smallest absolute Gasteiger partial charge is 0.270 e. The predicted octanol–water partition coefficient (Wildman–Crippen LogP) is 2.10. The average molecular weight is 354 g/mol. The molecule has 2 fully saturated rings. The van der Waals surface area contributed by atoms with Crippen molar-refractivity contribution in [3.05, 3.63) is 54.1 Å². The summed E-state index contributed by atoms with van der Waals surface area (Å²) in [5, 5.41) is 0. The summed E-state index contributed by atoms with van der Waals surface area (Å²) in [6.45, 7) is 2.58. The molecule has 2 saturated heterocycles. The number of nitrogens with zero attached hydrogens (tertiary/aromatic N) is 4. The Morgan fingerprint density at radius 2 is 1.92 bits per heavy atom. The first kappa shape index (κ1) is 17.2. The molecule has 4 rings (SSSR count). The van der Waals surface area contributed by atoms with Crippen molar-refractivity contribution in [2.24, 2.45) is 7.05 Å². The van der Waals surface area contributed by atoms with Crippen molar-refractivity contribution in [3.63, 3.8) is 0 Å². The molecule has 6 nitrogen and oxygen atoms in total. The van der Waals surface area contributed by atoms with Gasteiger partial charge in [-0.05, 0) is 42.7 Å². The summed E-state index contributed by atoms with van der Waals surface area (Å²) < 4.78 is 7.56. The van der Waals surface area contributed by atoms with Crippen LogP contribution in [0, 0.1) is 0 Å². The van der Waals surface area contributed by atoms with Crippen molar-refractivity contribution in [1.82, 2.24) is 19.4 Å². The van der Waals surface area contributed by atoms with E-state index in [0.717, 1.165) is 38.2 Å². The Kier molecular flexibility index (Phi) is 4.78. The molecule has 0 unspecified atom stereocenters. The third-order valence-corrected chi connectivity index (χ3v) is 5.83. The fourth-order valence-electron chi connectivity index (χ4n) is 4.29. The highest BCUT2D eigenvalue weighted by molar-refractivity contribution is 5.92. The maximum atomic E-state index is 12.7. The fraction of sp³-hybridized carbons (Fsp3) is 0.500. The van der Waals surface area contributed by atoms with Gasteiger partial charge < -0.3 is 14.2 Å². The van der Waals surface area contributed by atoms with Crippen molar-refractivity contribution in [3.8, 4) is 0 Å². The molecule has 138 valence electrons. The van der Waals surface area contributed by atoms with E-state index in [9.17, 15) is 4.79 Å². The van der Waals surface area contributed by atoms with E-state index in [1.165, 1.54) is 5.56 Å². The molecule has 0 spiro atoms. The molecule has 0 radical (unpaired) electrons. The van der Waals surface area contributed by atoms with Crippen molar-refractivity contribution < 1.29 is 9.53 Å². The minimum atomic E-state index is 0.139. The Balaban J connectivity index is 1.40. The summed E-state index contributed by atoms with van der Waals surface area (Å²) in [7, 11) is 3.71. The number of pyridine rings is 1. The maximum absolute atomic E-state index is 12.7. The molecule has 0 aliphatic carbocycles. The van der Waals surface area contributed by atoms with Gasteiger partial charge in [0.05, 0.1) is 12.1 Å². The second-order valence-corrected chi connectivity index (χ2v) is 7.22. The third-order valence-electron chi connectivity index (χ3n) is 5.83. The highest BCUT2D eigenvalue weighted by Crippen LogP contribution is 2.39. The van der Waals surface area contributed by atoms with E-state index in [2.05, 4.69) is 22.0 Å². The van der Waals surface area contributed by atoms with Crippen LogP contribution in [-0.4, -0.2) is 64.1 Å². The van der Waals surface area contributed by atoms with E-state index in [0.29, 0.717) is 12.1 Å². The first-order valence-corrected chi connectivity index (χ1v) is 9.28. The quantitative estimate of drug-likeness (QED) is 0.844. The lowest BCUT2D eigenvalue weighted by molar-refractivity contribution is -0.115. The zero-order chi connectivity index (χ0) is 18.1. The van der Waals surface area contributed by atoms with Crippen molar-refractivity contribution in [1.29, 1.82) is 0 Å². The van der Waals surface area contributed by atoms with Crippen LogP contribution in [0.3, 0.4) is 0 Å². The highest BCUT2D eigenvalue weighted by atomic mass is 16.5. The minimum Gasteiger partial charge on any atom is -0.378 e. The molecule has 0 N–H and O–H groups in total. The number of likely N-dealkylation sites (tertiary alicyclic amines) is 2. The van der Waals surface area contributed by atoms with Gasteiger partial charge in [0.25, 0.3) is 5.91 Å². The predicted molar refractivity (Wildman–Crippen MR) is 98.8 cm³/mol. The molecule has 0 bridgehead atoms. The van der Waals surface area contributed by atoms with Crippen LogP contribution in [0.2, 0.25) is 0 Å². The lowest BCUT2D eigenvalue weighted by Gasteiger charge is -2.53. The summed E-state index contributed by atoms with van der Waals surface area (Å²) in [5.41, 5.74) is 2.03. The number of methoxy groups -OCH3 is 1. The Morgan fingerprint density at radius 3 is 2.54 bits per heavy atom. The van der Waals surface area contributed by atoms with Gasteiger partial charge in [-0.25, -0.2) is 0 Å². The molecule has 2 aliphatic heterocycles. The van der Waals surface area contributed by atoms with Crippen LogP contribution >= 0.6 is 0 Å². The van der Waals surface area contributed by atoms with Crippen molar-refractivity contribution >= 4 is 5.91 Å². The summed E-state index contributed by atoms with van der Waals surface area (Å²) >= 11 is 0. The maximum Gasteiger partial charge on any atom is 0.270 e. The second-order valence-electron chi connectivity index (χ2n) is 7.22. The van der Waals surface area contributed by atoms with Crippen LogP contribution in [0.5, 0.6) is 0 Å².